The summed E-state index contributed by atoms with van der Waals surface area (Å²) in [5.74, 6) is -0.765. The van der Waals surface area contributed by atoms with Crippen molar-refractivity contribution < 1.29 is 12.8 Å². The molecule has 8 heteroatoms. The average Bonchev–Trinajstić information content (AvgIpc) is 2.42. The van der Waals surface area contributed by atoms with Gasteiger partial charge in [0.1, 0.15) is 5.82 Å². The van der Waals surface area contributed by atoms with Gasteiger partial charge in [0, 0.05) is 13.1 Å². The van der Waals surface area contributed by atoms with Crippen LogP contribution in [0, 0.1) is 5.82 Å². The highest BCUT2D eigenvalue weighted by Gasteiger charge is 2.14. The molecule has 1 aliphatic heterocycles. The number of hydrogen-bond donors (Lipinski definition) is 2. The summed E-state index contributed by atoms with van der Waals surface area (Å²) < 4.78 is 39.5. The van der Waals surface area contributed by atoms with E-state index in [1.807, 2.05) is 6.08 Å². The van der Waals surface area contributed by atoms with Crippen LogP contribution < -0.4 is 10.0 Å². The third kappa shape index (κ3) is 5.92. The number of halogens is 3. The highest BCUT2D eigenvalue weighted by Crippen LogP contribution is 2.17. The van der Waals surface area contributed by atoms with E-state index < -0.39 is 15.8 Å². The first kappa shape index (κ1) is 18.4. The Hall–Kier alpha value is -0.660. The molecule has 0 amide bonds. The van der Waals surface area contributed by atoms with Gasteiger partial charge in [-0.2, -0.15) is 0 Å². The SMILES string of the molecule is Cl.O=S(=O)(Cc1ccc(F)c(Cl)c1)NCC1=CCNCC1. The molecule has 0 saturated heterocycles. The molecule has 0 atom stereocenters. The predicted molar refractivity (Wildman–Crippen MR) is 84.9 cm³/mol. The minimum Gasteiger partial charge on any atom is -0.313 e. The summed E-state index contributed by atoms with van der Waals surface area (Å²) in [4.78, 5) is 0. The van der Waals surface area contributed by atoms with Crippen LogP contribution in [0.3, 0.4) is 0 Å². The van der Waals surface area contributed by atoms with Gasteiger partial charge in [0.15, 0.2) is 0 Å². The third-order valence-electron chi connectivity index (χ3n) is 3.02. The number of benzene rings is 1. The van der Waals surface area contributed by atoms with E-state index in [4.69, 9.17) is 11.6 Å². The molecule has 1 aromatic carbocycles. The lowest BCUT2D eigenvalue weighted by molar-refractivity contribution is 0.581. The molecule has 0 saturated carbocycles. The normalized spacial score (nSPS) is 15.2. The lowest BCUT2D eigenvalue weighted by Gasteiger charge is -2.14. The molecule has 0 aliphatic carbocycles. The molecule has 0 unspecified atom stereocenters. The smallest absolute Gasteiger partial charge is 0.216 e. The number of nitrogens with one attached hydrogen (secondary N) is 2. The van der Waals surface area contributed by atoms with E-state index in [-0.39, 0.29) is 23.2 Å². The minimum atomic E-state index is -3.46. The van der Waals surface area contributed by atoms with Crippen molar-refractivity contribution in [1.29, 1.82) is 0 Å². The maximum absolute atomic E-state index is 13.0. The molecule has 2 N–H and O–H groups in total. The maximum Gasteiger partial charge on any atom is 0.216 e. The molecule has 4 nitrogen and oxygen atoms in total. The largest absolute Gasteiger partial charge is 0.313 e. The van der Waals surface area contributed by atoms with Gasteiger partial charge < -0.3 is 5.32 Å². The second-order valence-electron chi connectivity index (χ2n) is 4.65. The molecule has 118 valence electrons. The van der Waals surface area contributed by atoms with Crippen molar-refractivity contribution in [3.63, 3.8) is 0 Å². The summed E-state index contributed by atoms with van der Waals surface area (Å²) >= 11 is 5.64. The third-order valence-corrected chi connectivity index (χ3v) is 4.60. The zero-order valence-corrected chi connectivity index (χ0v) is 13.6. The van der Waals surface area contributed by atoms with E-state index in [1.54, 1.807) is 0 Å². The lowest BCUT2D eigenvalue weighted by Crippen LogP contribution is -2.30. The van der Waals surface area contributed by atoms with Gasteiger partial charge in [-0.3, -0.25) is 0 Å². The van der Waals surface area contributed by atoms with Crippen LogP contribution in [0.2, 0.25) is 5.02 Å². The molecule has 0 aromatic heterocycles. The summed E-state index contributed by atoms with van der Waals surface area (Å²) in [5, 5.41) is 3.09. The van der Waals surface area contributed by atoms with Crippen molar-refractivity contribution in [3.05, 3.63) is 46.3 Å². The topological polar surface area (TPSA) is 58.2 Å². The van der Waals surface area contributed by atoms with Crippen molar-refractivity contribution in [2.75, 3.05) is 19.6 Å². The Kier molecular flexibility index (Phi) is 7.09. The molecule has 0 fully saturated rings. The van der Waals surface area contributed by atoms with Gasteiger partial charge in [0.2, 0.25) is 10.0 Å². The van der Waals surface area contributed by atoms with Crippen LogP contribution >= 0.6 is 24.0 Å². The standard InChI is InChI=1S/C13H16ClFN2O2S.ClH/c14-12-7-11(1-2-13(12)15)9-20(18,19)17-8-10-3-5-16-6-4-10;/h1-3,7,16-17H,4-6,8-9H2;1H. The van der Waals surface area contributed by atoms with Crippen molar-refractivity contribution in [2.24, 2.45) is 0 Å². The Balaban J connectivity index is 0.00000220. The monoisotopic (exact) mass is 354 g/mol. The van der Waals surface area contributed by atoms with E-state index in [0.717, 1.165) is 25.1 Å². The molecule has 0 bridgehead atoms. The van der Waals surface area contributed by atoms with Crippen LogP contribution in [0.5, 0.6) is 0 Å². The maximum atomic E-state index is 13.0. The molecule has 1 heterocycles. The van der Waals surface area contributed by atoms with Crippen LogP contribution in [0.15, 0.2) is 29.8 Å². The summed E-state index contributed by atoms with van der Waals surface area (Å²) in [6.07, 6.45) is 2.83. The summed E-state index contributed by atoms with van der Waals surface area (Å²) in [7, 11) is -3.46. The van der Waals surface area contributed by atoms with Crippen LogP contribution in [-0.2, 0) is 15.8 Å². The van der Waals surface area contributed by atoms with Crippen molar-refractivity contribution in [1.82, 2.24) is 10.0 Å². The fraction of sp³-hybridized carbons (Fsp3) is 0.385. The summed E-state index contributed by atoms with van der Waals surface area (Å²) in [6.45, 7) is 1.95. The van der Waals surface area contributed by atoms with Gasteiger partial charge in [-0.1, -0.05) is 29.3 Å². The lowest BCUT2D eigenvalue weighted by atomic mass is 10.1. The molecule has 0 radical (unpaired) electrons. The first-order valence-corrected chi connectivity index (χ1v) is 8.29. The van der Waals surface area contributed by atoms with Crippen LogP contribution in [0.4, 0.5) is 4.39 Å². The second kappa shape index (κ2) is 8.10. The first-order chi connectivity index (χ1) is 9.46. The zero-order chi connectivity index (χ0) is 14.6. The highest BCUT2D eigenvalue weighted by molar-refractivity contribution is 7.88. The van der Waals surface area contributed by atoms with E-state index in [1.165, 1.54) is 18.2 Å². The Morgan fingerprint density at radius 2 is 2.14 bits per heavy atom. The Morgan fingerprint density at radius 3 is 2.76 bits per heavy atom. The van der Waals surface area contributed by atoms with Crippen LogP contribution in [-0.4, -0.2) is 28.1 Å². The quantitative estimate of drug-likeness (QED) is 0.797. The van der Waals surface area contributed by atoms with Gasteiger partial charge in [-0.25, -0.2) is 17.5 Å². The van der Waals surface area contributed by atoms with Gasteiger partial charge in [0.05, 0.1) is 10.8 Å². The summed E-state index contributed by atoms with van der Waals surface area (Å²) in [5.41, 5.74) is 1.53. The Bertz CT molecular complexity index is 621. The van der Waals surface area contributed by atoms with Gasteiger partial charge in [-0.15, -0.1) is 12.4 Å². The number of sulfonamides is 1. The van der Waals surface area contributed by atoms with Crippen molar-refractivity contribution in [3.8, 4) is 0 Å². The molecular weight excluding hydrogens is 338 g/mol. The summed E-state index contributed by atoms with van der Waals surface area (Å²) in [6, 6.07) is 3.92. The molecule has 0 spiro atoms. The predicted octanol–water partition coefficient (Wildman–Crippen LogP) is 2.24. The van der Waals surface area contributed by atoms with E-state index in [2.05, 4.69) is 10.0 Å². The first-order valence-electron chi connectivity index (χ1n) is 6.26. The second-order valence-corrected chi connectivity index (χ2v) is 6.86. The number of rotatable bonds is 5. The van der Waals surface area contributed by atoms with Crippen molar-refractivity contribution >= 4 is 34.0 Å². The molecule has 21 heavy (non-hydrogen) atoms. The zero-order valence-electron chi connectivity index (χ0n) is 11.2. The van der Waals surface area contributed by atoms with Crippen LogP contribution in [0.1, 0.15) is 12.0 Å². The van der Waals surface area contributed by atoms with Gasteiger partial charge >= 0.3 is 0 Å². The van der Waals surface area contributed by atoms with Gasteiger partial charge in [-0.05, 0) is 30.7 Å². The number of hydrogen-bond acceptors (Lipinski definition) is 3. The van der Waals surface area contributed by atoms with Crippen LogP contribution in [0.25, 0.3) is 0 Å². The molecular formula is C13H17Cl2FN2O2S. The van der Waals surface area contributed by atoms with E-state index >= 15 is 0 Å². The van der Waals surface area contributed by atoms with Gasteiger partial charge in [0.25, 0.3) is 0 Å². The van der Waals surface area contributed by atoms with E-state index in [9.17, 15) is 12.8 Å². The fourth-order valence-corrected chi connectivity index (χ4v) is 3.26. The minimum absolute atomic E-state index is 0. The molecule has 2 rings (SSSR count). The van der Waals surface area contributed by atoms with Crippen molar-refractivity contribution in [2.45, 2.75) is 12.2 Å². The Morgan fingerprint density at radius 1 is 1.38 bits per heavy atom. The van der Waals surface area contributed by atoms with E-state index in [0.29, 0.717) is 12.1 Å². The fourth-order valence-electron chi connectivity index (χ4n) is 1.93. The molecule has 1 aliphatic rings. The average molecular weight is 355 g/mol. The molecule has 1 aromatic rings. The highest BCUT2D eigenvalue weighted by atomic mass is 35.5. The Labute approximate surface area is 135 Å².